The topological polar surface area (TPSA) is 87.6 Å². The van der Waals surface area contributed by atoms with Crippen molar-refractivity contribution in [3.8, 4) is 5.75 Å². The van der Waals surface area contributed by atoms with Gasteiger partial charge >= 0.3 is 6.61 Å². The van der Waals surface area contributed by atoms with Crippen molar-refractivity contribution in [3.63, 3.8) is 0 Å². The minimum absolute atomic E-state index is 0. The maximum absolute atomic E-state index is 12.5. The summed E-state index contributed by atoms with van der Waals surface area (Å²) < 4.78 is 29.4. The average molecular weight is 505 g/mol. The number of ether oxygens (including phenoxy) is 1. The van der Waals surface area contributed by atoms with E-state index in [0.29, 0.717) is 23.8 Å². The van der Waals surface area contributed by atoms with E-state index >= 15 is 0 Å². The van der Waals surface area contributed by atoms with Crippen molar-refractivity contribution < 1.29 is 18.3 Å². The Balaban J connectivity index is 0.00000392. The summed E-state index contributed by atoms with van der Waals surface area (Å²) in [6, 6.07) is 9.87. The van der Waals surface area contributed by atoms with E-state index in [0.717, 1.165) is 0 Å². The summed E-state index contributed by atoms with van der Waals surface area (Å²) in [5, 5.41) is 8.57. The van der Waals surface area contributed by atoms with Crippen LogP contribution in [0.4, 0.5) is 14.5 Å². The Morgan fingerprint density at radius 1 is 1.21 bits per heavy atom. The SMILES string of the molecule is CCNC(=NCc1ccccc1OC(F)F)NCC(=O)Nc1cccnc1.I. The molecule has 0 saturated carbocycles. The van der Waals surface area contributed by atoms with Gasteiger partial charge in [0.05, 0.1) is 25.0 Å². The summed E-state index contributed by atoms with van der Waals surface area (Å²) in [5.74, 6) is 0.183. The Bertz CT molecular complexity index is 763. The van der Waals surface area contributed by atoms with E-state index in [2.05, 4.69) is 30.7 Å². The summed E-state index contributed by atoms with van der Waals surface area (Å²) in [4.78, 5) is 20.2. The normalized spacial score (nSPS) is 10.8. The number of rotatable bonds is 8. The number of guanidine groups is 1. The number of nitrogens with one attached hydrogen (secondary N) is 3. The second-order valence-corrected chi connectivity index (χ2v) is 5.32. The number of benzene rings is 1. The number of alkyl halides is 2. The van der Waals surface area contributed by atoms with Crippen LogP contribution in [-0.4, -0.2) is 36.6 Å². The summed E-state index contributed by atoms with van der Waals surface area (Å²) in [6.07, 6.45) is 3.15. The number of carbonyl (C=O) groups is 1. The third-order valence-corrected chi connectivity index (χ3v) is 3.30. The Hall–Kier alpha value is -2.50. The molecule has 0 aliphatic carbocycles. The molecule has 2 aromatic rings. The van der Waals surface area contributed by atoms with Crippen LogP contribution in [0.1, 0.15) is 12.5 Å². The van der Waals surface area contributed by atoms with Gasteiger partial charge in [0.25, 0.3) is 0 Å². The minimum atomic E-state index is -2.90. The van der Waals surface area contributed by atoms with Crippen molar-refractivity contribution in [3.05, 3.63) is 54.4 Å². The fourth-order valence-electron chi connectivity index (χ4n) is 2.16. The minimum Gasteiger partial charge on any atom is -0.434 e. The van der Waals surface area contributed by atoms with Crippen LogP contribution in [0.3, 0.4) is 0 Å². The number of amides is 1. The van der Waals surface area contributed by atoms with Gasteiger partial charge in [-0.05, 0) is 25.1 Å². The molecule has 28 heavy (non-hydrogen) atoms. The smallest absolute Gasteiger partial charge is 0.387 e. The van der Waals surface area contributed by atoms with Crippen LogP contribution < -0.4 is 20.7 Å². The van der Waals surface area contributed by atoms with Crippen LogP contribution in [0.25, 0.3) is 0 Å². The third-order valence-electron chi connectivity index (χ3n) is 3.30. The highest BCUT2D eigenvalue weighted by atomic mass is 127. The number of hydrogen-bond donors (Lipinski definition) is 3. The monoisotopic (exact) mass is 505 g/mol. The van der Waals surface area contributed by atoms with E-state index in [1.54, 1.807) is 36.5 Å². The van der Waals surface area contributed by atoms with Gasteiger partial charge in [-0.3, -0.25) is 9.78 Å². The van der Waals surface area contributed by atoms with E-state index in [1.165, 1.54) is 12.3 Å². The first kappa shape index (κ1) is 23.5. The predicted octanol–water partition coefficient (Wildman–Crippen LogP) is 2.99. The number of hydrogen-bond acceptors (Lipinski definition) is 4. The summed E-state index contributed by atoms with van der Waals surface area (Å²) >= 11 is 0. The molecule has 0 saturated heterocycles. The number of para-hydroxylation sites is 1. The van der Waals surface area contributed by atoms with Crippen molar-refractivity contribution in [2.24, 2.45) is 4.99 Å². The second kappa shape index (κ2) is 12.8. The molecular formula is C18H22F2IN5O2. The van der Waals surface area contributed by atoms with Crippen molar-refractivity contribution in [1.82, 2.24) is 15.6 Å². The largest absolute Gasteiger partial charge is 0.434 e. The predicted molar refractivity (Wildman–Crippen MR) is 114 cm³/mol. The number of carbonyl (C=O) groups excluding carboxylic acids is 1. The zero-order valence-corrected chi connectivity index (χ0v) is 17.5. The van der Waals surface area contributed by atoms with Crippen molar-refractivity contribution in [1.29, 1.82) is 0 Å². The molecule has 2 rings (SSSR count). The molecule has 1 aromatic carbocycles. The van der Waals surface area contributed by atoms with Crippen LogP contribution >= 0.6 is 24.0 Å². The number of aliphatic imine (C=N–C) groups is 1. The highest BCUT2D eigenvalue weighted by molar-refractivity contribution is 14.0. The van der Waals surface area contributed by atoms with Crippen LogP contribution in [0.15, 0.2) is 53.8 Å². The fraction of sp³-hybridized carbons (Fsp3) is 0.278. The van der Waals surface area contributed by atoms with E-state index in [-0.39, 0.29) is 48.7 Å². The molecule has 10 heteroatoms. The molecule has 0 aliphatic heterocycles. The van der Waals surface area contributed by atoms with Gasteiger partial charge in [-0.15, -0.1) is 24.0 Å². The number of pyridine rings is 1. The van der Waals surface area contributed by atoms with E-state index in [4.69, 9.17) is 0 Å². The van der Waals surface area contributed by atoms with Gasteiger partial charge in [-0.1, -0.05) is 18.2 Å². The molecule has 0 radical (unpaired) electrons. The van der Waals surface area contributed by atoms with Crippen LogP contribution in [0.5, 0.6) is 5.75 Å². The van der Waals surface area contributed by atoms with E-state index < -0.39 is 6.61 Å². The van der Waals surface area contributed by atoms with Gasteiger partial charge in [-0.2, -0.15) is 8.78 Å². The Morgan fingerprint density at radius 3 is 2.68 bits per heavy atom. The molecule has 0 unspecified atom stereocenters. The van der Waals surface area contributed by atoms with Crippen molar-refractivity contribution >= 4 is 41.5 Å². The number of aromatic nitrogens is 1. The Labute approximate surface area is 179 Å². The van der Waals surface area contributed by atoms with Crippen LogP contribution in [-0.2, 0) is 11.3 Å². The zero-order valence-electron chi connectivity index (χ0n) is 15.2. The molecule has 1 heterocycles. The van der Waals surface area contributed by atoms with Crippen LogP contribution in [0, 0.1) is 0 Å². The zero-order chi connectivity index (χ0) is 19.5. The lowest BCUT2D eigenvalue weighted by Gasteiger charge is -2.13. The lowest BCUT2D eigenvalue weighted by atomic mass is 10.2. The molecule has 152 valence electrons. The van der Waals surface area contributed by atoms with Gasteiger partial charge < -0.3 is 20.7 Å². The van der Waals surface area contributed by atoms with E-state index in [1.807, 2.05) is 6.92 Å². The van der Waals surface area contributed by atoms with Crippen LogP contribution in [0.2, 0.25) is 0 Å². The van der Waals surface area contributed by atoms with Crippen molar-refractivity contribution in [2.45, 2.75) is 20.1 Å². The molecule has 1 aromatic heterocycles. The van der Waals surface area contributed by atoms with Gasteiger partial charge in [0.15, 0.2) is 5.96 Å². The number of nitrogens with zero attached hydrogens (tertiary/aromatic N) is 2. The van der Waals surface area contributed by atoms with Gasteiger partial charge in [-0.25, -0.2) is 4.99 Å². The Kier molecular flexibility index (Phi) is 10.8. The lowest BCUT2D eigenvalue weighted by molar-refractivity contribution is -0.115. The molecule has 0 atom stereocenters. The molecule has 7 nitrogen and oxygen atoms in total. The standard InChI is InChI=1S/C18H21F2N5O2.HI/c1-2-22-18(24-12-16(26)25-14-7-5-9-21-11-14)23-10-13-6-3-4-8-15(13)27-17(19)20;/h3-9,11,17H,2,10,12H2,1H3,(H,25,26)(H2,22,23,24);1H. The number of halogens is 3. The van der Waals surface area contributed by atoms with Crippen molar-refractivity contribution in [2.75, 3.05) is 18.4 Å². The molecule has 0 spiro atoms. The lowest BCUT2D eigenvalue weighted by Crippen LogP contribution is -2.41. The molecule has 0 bridgehead atoms. The third kappa shape index (κ3) is 8.46. The first-order valence-corrected chi connectivity index (χ1v) is 8.33. The highest BCUT2D eigenvalue weighted by Gasteiger charge is 2.09. The maximum atomic E-state index is 12.5. The maximum Gasteiger partial charge on any atom is 0.387 e. The van der Waals surface area contributed by atoms with Gasteiger partial charge in [0, 0.05) is 18.3 Å². The molecular weight excluding hydrogens is 483 g/mol. The second-order valence-electron chi connectivity index (χ2n) is 5.32. The molecule has 3 N–H and O–H groups in total. The van der Waals surface area contributed by atoms with E-state index in [9.17, 15) is 13.6 Å². The Morgan fingerprint density at radius 2 is 2.00 bits per heavy atom. The first-order chi connectivity index (χ1) is 13.1. The summed E-state index contributed by atoms with van der Waals surface area (Å²) in [5.41, 5.74) is 1.10. The first-order valence-electron chi connectivity index (χ1n) is 8.33. The fourth-order valence-corrected chi connectivity index (χ4v) is 2.16. The quantitative estimate of drug-likeness (QED) is 0.292. The van der Waals surface area contributed by atoms with Gasteiger partial charge in [0.1, 0.15) is 5.75 Å². The molecule has 0 fully saturated rings. The summed E-state index contributed by atoms with van der Waals surface area (Å²) in [7, 11) is 0. The summed E-state index contributed by atoms with van der Waals surface area (Å²) in [6.45, 7) is -0.359. The molecule has 1 amide bonds. The average Bonchev–Trinajstić information content (AvgIpc) is 2.65. The highest BCUT2D eigenvalue weighted by Crippen LogP contribution is 2.20. The van der Waals surface area contributed by atoms with Gasteiger partial charge in [0.2, 0.25) is 5.91 Å². The molecule has 0 aliphatic rings. The number of anilines is 1.